The van der Waals surface area contributed by atoms with Crippen molar-refractivity contribution in [2.24, 2.45) is 17.7 Å². The molecule has 1 aromatic rings. The van der Waals surface area contributed by atoms with Gasteiger partial charge >= 0.3 is 0 Å². The van der Waals surface area contributed by atoms with E-state index in [0.29, 0.717) is 11.7 Å². The highest BCUT2D eigenvalue weighted by atomic mass is 16.6. The number of aliphatic hydroxyl groups is 1. The van der Waals surface area contributed by atoms with Gasteiger partial charge in [-0.15, -0.1) is 0 Å². The fourth-order valence-corrected chi connectivity index (χ4v) is 5.12. The fraction of sp³-hybridized carbons (Fsp3) is 0.611. The van der Waals surface area contributed by atoms with Crippen LogP contribution in [0.4, 0.5) is 0 Å². The molecule has 0 aromatic heterocycles. The molecule has 2 saturated carbocycles. The minimum atomic E-state index is -0.659. The number of carbonyl (C=O) groups excluding carboxylic acids is 1. The van der Waals surface area contributed by atoms with Crippen molar-refractivity contribution in [1.82, 2.24) is 0 Å². The number of carbonyl (C=O) groups is 1. The van der Waals surface area contributed by atoms with Crippen molar-refractivity contribution in [3.05, 3.63) is 29.3 Å². The van der Waals surface area contributed by atoms with Gasteiger partial charge in [-0.1, -0.05) is 6.07 Å². The van der Waals surface area contributed by atoms with E-state index < -0.39 is 12.0 Å². The number of hydrogen-bond acceptors (Lipinski definition) is 5. The van der Waals surface area contributed by atoms with Gasteiger partial charge < -0.3 is 14.7 Å². The molecule has 122 valence electrons. The summed E-state index contributed by atoms with van der Waals surface area (Å²) < 4.78 is 5.87. The molecule has 0 radical (unpaired) electrons. The molecule has 5 rings (SSSR count). The van der Waals surface area contributed by atoms with Gasteiger partial charge in [0, 0.05) is 5.92 Å². The lowest BCUT2D eigenvalue weighted by molar-refractivity contribution is -0.124. The molecule has 5 heteroatoms. The van der Waals surface area contributed by atoms with E-state index in [4.69, 9.17) is 15.5 Å². The number of aliphatic hydroxyl groups excluding tert-OH is 1. The van der Waals surface area contributed by atoms with E-state index >= 15 is 0 Å². The quantitative estimate of drug-likeness (QED) is 0.829. The second kappa shape index (κ2) is 4.79. The molecule has 3 N–H and O–H groups in total. The summed E-state index contributed by atoms with van der Waals surface area (Å²) in [7, 11) is 0. The minimum Gasteiger partial charge on any atom is -0.412 e. The lowest BCUT2D eigenvalue weighted by Gasteiger charge is -2.23. The molecule has 2 bridgehead atoms. The summed E-state index contributed by atoms with van der Waals surface area (Å²) in [6, 6.07) is 5.70. The molecule has 6 unspecified atom stereocenters. The number of rotatable bonds is 3. The predicted octanol–water partition coefficient (Wildman–Crippen LogP) is 1.64. The van der Waals surface area contributed by atoms with Crippen LogP contribution in [0.5, 0.6) is 5.75 Å². The fourth-order valence-electron chi connectivity index (χ4n) is 5.12. The number of hydrogen-bond donors (Lipinski definition) is 2. The Kier molecular flexibility index (Phi) is 2.90. The van der Waals surface area contributed by atoms with Crippen LogP contribution in [-0.2, 0) is 9.53 Å². The summed E-state index contributed by atoms with van der Waals surface area (Å²) in [5, 5.41) is 10.9. The summed E-state index contributed by atoms with van der Waals surface area (Å²) >= 11 is 0. The molecule has 4 fully saturated rings. The molecule has 6 atom stereocenters. The van der Waals surface area contributed by atoms with E-state index in [9.17, 15) is 9.90 Å². The summed E-state index contributed by atoms with van der Waals surface area (Å²) in [6.07, 6.45) is 3.60. The van der Waals surface area contributed by atoms with Crippen LogP contribution in [-0.4, -0.2) is 29.2 Å². The third kappa shape index (κ3) is 1.87. The van der Waals surface area contributed by atoms with Gasteiger partial charge in [0.2, 0.25) is 0 Å². The Morgan fingerprint density at radius 3 is 2.61 bits per heavy atom. The van der Waals surface area contributed by atoms with Crippen LogP contribution in [0.15, 0.2) is 18.2 Å². The molecule has 2 heterocycles. The van der Waals surface area contributed by atoms with Gasteiger partial charge in [0.1, 0.15) is 11.5 Å². The van der Waals surface area contributed by atoms with Crippen LogP contribution < -0.4 is 10.7 Å². The molecular formula is C18H21NO4. The summed E-state index contributed by atoms with van der Waals surface area (Å²) in [5.74, 6) is 5.87. The molecule has 4 aliphatic rings. The van der Waals surface area contributed by atoms with E-state index in [1.165, 1.54) is 5.56 Å². The molecule has 23 heavy (non-hydrogen) atoms. The molecule has 0 spiro atoms. The second-order valence-electron chi connectivity index (χ2n) is 7.45. The lowest BCUT2D eigenvalue weighted by atomic mass is 9.81. The number of nitrogens with two attached hydrogens (primary N) is 1. The van der Waals surface area contributed by atoms with Gasteiger partial charge in [-0.05, 0) is 54.9 Å². The Morgan fingerprint density at radius 1 is 1.13 bits per heavy atom. The van der Waals surface area contributed by atoms with Crippen LogP contribution in [0.3, 0.4) is 0 Å². The van der Waals surface area contributed by atoms with Gasteiger partial charge in [0.25, 0.3) is 0 Å². The topological polar surface area (TPSA) is 81.8 Å². The largest absolute Gasteiger partial charge is 0.412 e. The van der Waals surface area contributed by atoms with Crippen molar-refractivity contribution in [3.63, 3.8) is 0 Å². The highest BCUT2D eigenvalue weighted by molar-refractivity contribution is 5.93. The number of benzene rings is 1. The Labute approximate surface area is 134 Å². The van der Waals surface area contributed by atoms with Gasteiger partial charge in [-0.3, -0.25) is 4.79 Å². The van der Waals surface area contributed by atoms with E-state index in [0.717, 1.165) is 31.2 Å². The maximum absolute atomic E-state index is 13.1. The maximum Gasteiger partial charge on any atom is 0.149 e. The third-order valence-corrected chi connectivity index (χ3v) is 6.25. The average molecular weight is 315 g/mol. The van der Waals surface area contributed by atoms with Crippen LogP contribution in [0.25, 0.3) is 0 Å². The average Bonchev–Trinajstić information content (AvgIpc) is 3.11. The first kappa shape index (κ1) is 14.0. The summed E-state index contributed by atoms with van der Waals surface area (Å²) in [5.41, 5.74) is 2.10. The highest BCUT2D eigenvalue weighted by Gasteiger charge is 2.63. The van der Waals surface area contributed by atoms with Crippen LogP contribution >= 0.6 is 0 Å². The molecule has 2 aliphatic carbocycles. The maximum atomic E-state index is 13.1. The number of ether oxygens (including phenoxy) is 1. The first-order valence-electron chi connectivity index (χ1n) is 8.57. The Hall–Kier alpha value is -1.43. The zero-order chi connectivity index (χ0) is 15.7. The molecule has 2 saturated heterocycles. The van der Waals surface area contributed by atoms with Crippen LogP contribution in [0, 0.1) is 11.8 Å². The SMILES string of the molecule is NOc1ccc(C2CC2)c(C2C(=O)C3C4CCC(O4)C3C2O)c1. The highest BCUT2D eigenvalue weighted by Crippen LogP contribution is 2.56. The van der Waals surface area contributed by atoms with Crippen molar-refractivity contribution in [2.75, 3.05) is 0 Å². The third-order valence-electron chi connectivity index (χ3n) is 6.25. The van der Waals surface area contributed by atoms with E-state index in [1.54, 1.807) is 0 Å². The predicted molar refractivity (Wildman–Crippen MR) is 81.9 cm³/mol. The van der Waals surface area contributed by atoms with E-state index in [1.807, 2.05) is 18.2 Å². The first-order valence-corrected chi connectivity index (χ1v) is 8.57. The first-order chi connectivity index (χ1) is 11.2. The van der Waals surface area contributed by atoms with Crippen molar-refractivity contribution in [3.8, 4) is 5.75 Å². The monoisotopic (exact) mass is 315 g/mol. The molecule has 0 amide bonds. The van der Waals surface area contributed by atoms with Gasteiger partial charge in [0.05, 0.1) is 30.1 Å². The Balaban J connectivity index is 1.58. The van der Waals surface area contributed by atoms with Crippen molar-refractivity contribution in [2.45, 2.75) is 55.8 Å². The standard InChI is InChI=1S/C18H21NO4/c19-23-9-3-4-10(8-1-2-8)11(7-9)14-17(20)15-12-5-6-13(22-12)16(15)18(14)21/h3-4,7-8,12-17,20H,1-2,5-6,19H2. The number of ketones is 1. The number of fused-ring (bicyclic) bond motifs is 5. The summed E-state index contributed by atoms with van der Waals surface area (Å²) in [4.78, 5) is 17.9. The molecule has 5 nitrogen and oxygen atoms in total. The minimum absolute atomic E-state index is 0.00969. The summed E-state index contributed by atoms with van der Waals surface area (Å²) in [6.45, 7) is 0. The zero-order valence-corrected chi connectivity index (χ0v) is 12.9. The smallest absolute Gasteiger partial charge is 0.149 e. The Bertz CT molecular complexity index is 671. The van der Waals surface area contributed by atoms with Gasteiger partial charge in [0.15, 0.2) is 0 Å². The van der Waals surface area contributed by atoms with Crippen molar-refractivity contribution in [1.29, 1.82) is 0 Å². The Morgan fingerprint density at radius 2 is 1.91 bits per heavy atom. The van der Waals surface area contributed by atoms with E-state index in [-0.39, 0.29) is 29.8 Å². The number of Topliss-reactive ketones (excluding diaryl/α,β-unsaturated/α-hetero) is 1. The van der Waals surface area contributed by atoms with Crippen LogP contribution in [0.1, 0.15) is 48.6 Å². The van der Waals surface area contributed by atoms with Gasteiger partial charge in [-0.2, -0.15) is 5.90 Å². The van der Waals surface area contributed by atoms with Crippen LogP contribution in [0.2, 0.25) is 0 Å². The normalized spacial score (nSPS) is 41.4. The second-order valence-corrected chi connectivity index (χ2v) is 7.45. The van der Waals surface area contributed by atoms with Crippen molar-refractivity contribution < 1.29 is 19.5 Å². The lowest BCUT2D eigenvalue weighted by Crippen LogP contribution is -2.31. The molecular weight excluding hydrogens is 294 g/mol. The molecule has 2 aliphatic heterocycles. The molecule has 1 aromatic carbocycles. The van der Waals surface area contributed by atoms with Gasteiger partial charge in [-0.25, -0.2) is 0 Å². The van der Waals surface area contributed by atoms with Crippen molar-refractivity contribution >= 4 is 5.78 Å². The van der Waals surface area contributed by atoms with E-state index in [2.05, 4.69) is 0 Å². The zero-order valence-electron chi connectivity index (χ0n) is 12.9.